The molecule has 0 saturated carbocycles. The predicted molar refractivity (Wildman–Crippen MR) is 154 cm³/mol. The zero-order valence-electron chi connectivity index (χ0n) is 22.7. The van der Waals surface area contributed by atoms with Crippen LogP contribution < -0.4 is 15.4 Å². The number of rotatable bonds is 11. The molecule has 1 unspecified atom stereocenters. The number of methoxy groups -OCH3 is 1. The van der Waals surface area contributed by atoms with Gasteiger partial charge in [-0.3, -0.25) is 4.79 Å². The third kappa shape index (κ3) is 8.36. The molecule has 0 aliphatic heterocycles. The van der Waals surface area contributed by atoms with E-state index < -0.39 is 35.0 Å². The van der Waals surface area contributed by atoms with Gasteiger partial charge in [0.15, 0.2) is 0 Å². The zero-order chi connectivity index (χ0) is 31.4. The van der Waals surface area contributed by atoms with Crippen molar-refractivity contribution in [1.29, 1.82) is 0 Å². The van der Waals surface area contributed by atoms with Gasteiger partial charge in [-0.15, -0.1) is 0 Å². The van der Waals surface area contributed by atoms with Crippen LogP contribution in [0.4, 0.5) is 26.3 Å². The molecule has 0 bridgehead atoms. The first kappa shape index (κ1) is 32.5. The standard InChI is InChI=1S/C30H27Cl2F6N3O2/c1-43-23-3-4-24-19(16-40-27(24)14-23)7-9-39-8-6-18(17-2-5-25(31)26(32)12-17)15-41-28(42)20-10-21(29(33,34)35)13-22(11-20)30(36,37)38/h2-5,10-14,16,18,39-40H,6-9,15H2,1H3,(H,41,42). The fraction of sp³-hybridized carbons (Fsp3) is 0.300. The molecule has 0 aliphatic rings. The summed E-state index contributed by atoms with van der Waals surface area (Å²) in [6, 6.07) is 11.5. The van der Waals surface area contributed by atoms with Gasteiger partial charge in [0.25, 0.3) is 5.91 Å². The Morgan fingerprint density at radius 1 is 0.907 bits per heavy atom. The summed E-state index contributed by atoms with van der Waals surface area (Å²) in [4.78, 5) is 16.0. The van der Waals surface area contributed by atoms with Gasteiger partial charge in [0.2, 0.25) is 0 Å². The fourth-order valence-electron chi connectivity index (χ4n) is 4.68. The molecular weight excluding hydrogens is 619 g/mol. The second-order valence-corrected chi connectivity index (χ2v) is 10.7. The summed E-state index contributed by atoms with van der Waals surface area (Å²) in [7, 11) is 1.60. The molecule has 1 atom stereocenters. The highest BCUT2D eigenvalue weighted by atomic mass is 35.5. The van der Waals surface area contributed by atoms with Crippen molar-refractivity contribution >= 4 is 40.0 Å². The Morgan fingerprint density at radius 3 is 2.23 bits per heavy atom. The number of halogens is 8. The van der Waals surface area contributed by atoms with Gasteiger partial charge in [-0.1, -0.05) is 29.3 Å². The van der Waals surface area contributed by atoms with Crippen LogP contribution in [0.3, 0.4) is 0 Å². The number of hydrogen-bond acceptors (Lipinski definition) is 3. The van der Waals surface area contributed by atoms with Gasteiger partial charge in [-0.2, -0.15) is 26.3 Å². The Bertz CT molecular complexity index is 1550. The number of aromatic amines is 1. The minimum Gasteiger partial charge on any atom is -0.497 e. The number of carbonyl (C=O) groups is 1. The van der Waals surface area contributed by atoms with Gasteiger partial charge < -0.3 is 20.4 Å². The number of aromatic nitrogens is 1. The summed E-state index contributed by atoms with van der Waals surface area (Å²) in [6.45, 7) is 1.06. The minimum absolute atomic E-state index is 0.0197. The van der Waals surface area contributed by atoms with E-state index in [-0.39, 0.29) is 23.6 Å². The van der Waals surface area contributed by atoms with Crippen LogP contribution in [0, 0.1) is 0 Å². The molecule has 4 rings (SSSR count). The average Bonchev–Trinajstić information content (AvgIpc) is 3.36. The molecule has 0 spiro atoms. The summed E-state index contributed by atoms with van der Waals surface area (Å²) in [6.07, 6.45) is -7.01. The number of benzene rings is 3. The van der Waals surface area contributed by atoms with Crippen molar-refractivity contribution in [3.8, 4) is 5.75 Å². The maximum atomic E-state index is 13.3. The minimum atomic E-state index is -5.07. The molecular formula is C30H27Cl2F6N3O2. The van der Waals surface area contributed by atoms with Crippen molar-refractivity contribution < 1.29 is 35.9 Å². The Hall–Kier alpha value is -3.41. The van der Waals surface area contributed by atoms with Gasteiger partial charge in [0.1, 0.15) is 5.75 Å². The molecule has 0 radical (unpaired) electrons. The van der Waals surface area contributed by atoms with Crippen LogP contribution in [0.15, 0.2) is 60.8 Å². The van der Waals surface area contributed by atoms with E-state index in [0.717, 1.165) is 28.6 Å². The topological polar surface area (TPSA) is 66.2 Å². The number of ether oxygens (including phenoxy) is 1. The molecule has 1 amide bonds. The van der Waals surface area contributed by atoms with Crippen LogP contribution in [-0.2, 0) is 18.8 Å². The summed E-state index contributed by atoms with van der Waals surface area (Å²) in [5, 5.41) is 7.49. The van der Waals surface area contributed by atoms with E-state index in [1.165, 1.54) is 0 Å². The molecule has 0 fully saturated rings. The van der Waals surface area contributed by atoms with E-state index in [1.54, 1.807) is 25.3 Å². The Labute approximate surface area is 253 Å². The lowest BCUT2D eigenvalue weighted by Gasteiger charge is -2.20. The monoisotopic (exact) mass is 645 g/mol. The Balaban J connectivity index is 1.42. The Morgan fingerprint density at radius 2 is 1.60 bits per heavy atom. The first-order valence-corrected chi connectivity index (χ1v) is 13.9. The SMILES string of the molecule is COc1ccc2c(CCNCCC(CNC(=O)c3cc(C(F)(F)F)cc(C(F)(F)F)c3)c3ccc(Cl)c(Cl)c3)c[nH]c2c1. The first-order valence-electron chi connectivity index (χ1n) is 13.1. The maximum absolute atomic E-state index is 13.3. The number of nitrogens with one attached hydrogen (secondary N) is 3. The number of carbonyl (C=O) groups excluding carboxylic acids is 1. The molecule has 1 heterocycles. The lowest BCUT2D eigenvalue weighted by molar-refractivity contribution is -0.143. The third-order valence-electron chi connectivity index (χ3n) is 6.99. The fourth-order valence-corrected chi connectivity index (χ4v) is 4.99. The van der Waals surface area contributed by atoms with Crippen LogP contribution in [0.1, 0.15) is 45.0 Å². The van der Waals surface area contributed by atoms with Crippen LogP contribution in [-0.4, -0.2) is 37.6 Å². The van der Waals surface area contributed by atoms with Crippen LogP contribution in [0.25, 0.3) is 10.9 Å². The van der Waals surface area contributed by atoms with Crippen molar-refractivity contribution in [2.24, 2.45) is 0 Å². The quantitative estimate of drug-likeness (QED) is 0.114. The van der Waals surface area contributed by atoms with Gasteiger partial charge in [-0.25, -0.2) is 0 Å². The van der Waals surface area contributed by atoms with Crippen LogP contribution in [0.5, 0.6) is 5.75 Å². The summed E-state index contributed by atoms with van der Waals surface area (Å²) in [5.41, 5.74) is -1.11. The van der Waals surface area contributed by atoms with Crippen molar-refractivity contribution in [2.75, 3.05) is 26.7 Å². The van der Waals surface area contributed by atoms with Crippen molar-refractivity contribution in [2.45, 2.75) is 31.1 Å². The summed E-state index contributed by atoms with van der Waals surface area (Å²) >= 11 is 12.2. The Kier molecular flexibility index (Phi) is 10.2. The number of hydrogen-bond donors (Lipinski definition) is 3. The van der Waals surface area contributed by atoms with E-state index in [1.807, 2.05) is 24.4 Å². The molecule has 230 valence electrons. The van der Waals surface area contributed by atoms with Crippen molar-refractivity contribution in [1.82, 2.24) is 15.6 Å². The molecule has 13 heteroatoms. The average molecular weight is 646 g/mol. The van der Waals surface area contributed by atoms with Gasteiger partial charge in [0.05, 0.1) is 28.3 Å². The van der Waals surface area contributed by atoms with Crippen molar-refractivity contribution in [3.63, 3.8) is 0 Å². The van der Waals surface area contributed by atoms with Gasteiger partial charge in [0, 0.05) is 41.2 Å². The van der Waals surface area contributed by atoms with E-state index in [2.05, 4.69) is 15.6 Å². The van der Waals surface area contributed by atoms with Crippen LogP contribution in [0.2, 0.25) is 10.0 Å². The second-order valence-electron chi connectivity index (χ2n) is 9.89. The third-order valence-corrected chi connectivity index (χ3v) is 7.73. The molecule has 1 aromatic heterocycles. The largest absolute Gasteiger partial charge is 0.497 e. The molecule has 43 heavy (non-hydrogen) atoms. The van der Waals surface area contributed by atoms with E-state index in [9.17, 15) is 31.1 Å². The summed E-state index contributed by atoms with van der Waals surface area (Å²) < 4.78 is 84.9. The molecule has 4 aromatic rings. The zero-order valence-corrected chi connectivity index (χ0v) is 24.2. The normalized spacial score (nSPS) is 12.9. The first-order chi connectivity index (χ1) is 20.3. The molecule has 3 aromatic carbocycles. The molecule has 3 N–H and O–H groups in total. The number of alkyl halides is 6. The lowest BCUT2D eigenvalue weighted by atomic mass is 9.95. The highest BCUT2D eigenvalue weighted by molar-refractivity contribution is 6.42. The van der Waals surface area contributed by atoms with Crippen LogP contribution >= 0.6 is 23.2 Å². The number of amides is 1. The summed E-state index contributed by atoms with van der Waals surface area (Å²) in [5.74, 6) is -0.696. The van der Waals surface area contributed by atoms with E-state index >= 15 is 0 Å². The highest BCUT2D eigenvalue weighted by Gasteiger charge is 2.37. The van der Waals surface area contributed by atoms with Crippen molar-refractivity contribution in [3.05, 3.63) is 98.7 Å². The molecule has 0 saturated heterocycles. The van der Waals surface area contributed by atoms with Gasteiger partial charge >= 0.3 is 12.4 Å². The lowest BCUT2D eigenvalue weighted by Crippen LogP contribution is -2.31. The predicted octanol–water partition coefficient (Wildman–Crippen LogP) is 8.26. The number of fused-ring (bicyclic) bond motifs is 1. The second kappa shape index (κ2) is 13.5. The maximum Gasteiger partial charge on any atom is 0.416 e. The molecule has 0 aliphatic carbocycles. The van der Waals surface area contributed by atoms with Gasteiger partial charge in [-0.05, 0) is 79.5 Å². The highest BCUT2D eigenvalue weighted by Crippen LogP contribution is 2.36. The smallest absolute Gasteiger partial charge is 0.416 e. The molecule has 5 nitrogen and oxygen atoms in total. The van der Waals surface area contributed by atoms with E-state index in [0.29, 0.717) is 42.2 Å². The van der Waals surface area contributed by atoms with E-state index in [4.69, 9.17) is 27.9 Å². The number of H-pyrrole nitrogens is 1.